The summed E-state index contributed by atoms with van der Waals surface area (Å²) >= 11 is 0. The summed E-state index contributed by atoms with van der Waals surface area (Å²) in [5.74, 6) is -3.24. The first-order valence-corrected chi connectivity index (χ1v) is 5.72. The van der Waals surface area contributed by atoms with Gasteiger partial charge < -0.3 is 5.32 Å². The molecule has 3 atom stereocenters. The molecule has 104 valence electrons. The lowest BCUT2D eigenvalue weighted by atomic mass is 10.1. The number of nitro groups is 1. The first-order valence-electron chi connectivity index (χ1n) is 5.72. The van der Waals surface area contributed by atoms with Crippen molar-refractivity contribution in [3.8, 4) is 6.07 Å². The standard InChI is InChI=1S/C12H9F2N3O3/c13-6-1-2-7(9(14)3-6)10(5-15)16-12(18)8-4-11(8)17(19)20/h1-3,8,10-11H,4H2,(H,16,18)/t8-,10-,11+/m0/s1. The van der Waals surface area contributed by atoms with E-state index in [0.717, 1.165) is 12.1 Å². The Hall–Kier alpha value is -2.56. The fourth-order valence-electron chi connectivity index (χ4n) is 1.86. The lowest BCUT2D eigenvalue weighted by Gasteiger charge is -2.12. The molecule has 0 heterocycles. The number of rotatable bonds is 4. The predicted molar refractivity (Wildman–Crippen MR) is 61.7 cm³/mol. The van der Waals surface area contributed by atoms with Gasteiger partial charge in [0.25, 0.3) is 0 Å². The molecule has 1 amide bonds. The molecule has 0 bridgehead atoms. The highest BCUT2D eigenvalue weighted by Gasteiger charge is 2.53. The fourth-order valence-corrected chi connectivity index (χ4v) is 1.86. The van der Waals surface area contributed by atoms with Gasteiger partial charge in [-0.15, -0.1) is 0 Å². The molecule has 1 fully saturated rings. The van der Waals surface area contributed by atoms with E-state index in [0.29, 0.717) is 6.07 Å². The maximum atomic E-state index is 13.5. The van der Waals surface area contributed by atoms with Crippen molar-refractivity contribution in [2.24, 2.45) is 5.92 Å². The van der Waals surface area contributed by atoms with Crippen LogP contribution in [0.2, 0.25) is 0 Å². The van der Waals surface area contributed by atoms with Crippen molar-refractivity contribution in [2.45, 2.75) is 18.5 Å². The number of halogens is 2. The molecule has 2 rings (SSSR count). The molecule has 1 N–H and O–H groups in total. The van der Waals surface area contributed by atoms with Crippen LogP contribution in [0.5, 0.6) is 0 Å². The van der Waals surface area contributed by atoms with Crippen LogP contribution in [0, 0.1) is 39.0 Å². The molecule has 1 aliphatic carbocycles. The van der Waals surface area contributed by atoms with Crippen LogP contribution >= 0.6 is 0 Å². The van der Waals surface area contributed by atoms with E-state index < -0.39 is 40.5 Å². The Bertz CT molecular complexity index is 614. The second-order valence-electron chi connectivity index (χ2n) is 4.43. The number of nitrogens with zero attached hydrogens (tertiary/aromatic N) is 2. The van der Waals surface area contributed by atoms with Crippen LogP contribution in [-0.2, 0) is 4.79 Å². The smallest absolute Gasteiger partial charge is 0.231 e. The summed E-state index contributed by atoms with van der Waals surface area (Å²) in [7, 11) is 0. The third-order valence-electron chi connectivity index (χ3n) is 3.05. The minimum Gasteiger partial charge on any atom is -0.336 e. The van der Waals surface area contributed by atoms with E-state index in [1.165, 1.54) is 0 Å². The summed E-state index contributed by atoms with van der Waals surface area (Å²) in [6.45, 7) is 0. The van der Waals surface area contributed by atoms with Gasteiger partial charge in [-0.1, -0.05) is 6.07 Å². The van der Waals surface area contributed by atoms with Gasteiger partial charge in [-0.3, -0.25) is 14.9 Å². The number of carbonyl (C=O) groups is 1. The van der Waals surface area contributed by atoms with Crippen LogP contribution in [0.4, 0.5) is 8.78 Å². The average Bonchev–Trinajstić information content (AvgIpc) is 3.16. The first-order chi connectivity index (χ1) is 9.43. The molecule has 0 unspecified atom stereocenters. The molecular weight excluding hydrogens is 272 g/mol. The average molecular weight is 281 g/mol. The van der Waals surface area contributed by atoms with Gasteiger partial charge in [0.15, 0.2) is 0 Å². The van der Waals surface area contributed by atoms with Crippen LogP contribution < -0.4 is 5.32 Å². The van der Waals surface area contributed by atoms with Crippen molar-refractivity contribution in [1.82, 2.24) is 5.32 Å². The van der Waals surface area contributed by atoms with Crippen LogP contribution in [0.15, 0.2) is 18.2 Å². The van der Waals surface area contributed by atoms with Crippen LogP contribution in [0.1, 0.15) is 18.0 Å². The molecule has 0 aromatic heterocycles. The van der Waals surface area contributed by atoms with E-state index in [9.17, 15) is 23.7 Å². The van der Waals surface area contributed by atoms with Crippen LogP contribution in [0.3, 0.4) is 0 Å². The number of carbonyl (C=O) groups excluding carboxylic acids is 1. The number of benzene rings is 1. The third-order valence-corrected chi connectivity index (χ3v) is 3.05. The quantitative estimate of drug-likeness (QED) is 0.664. The maximum absolute atomic E-state index is 13.5. The van der Waals surface area contributed by atoms with E-state index >= 15 is 0 Å². The molecule has 0 radical (unpaired) electrons. The molecule has 1 aromatic rings. The number of hydrogen-bond acceptors (Lipinski definition) is 4. The van der Waals surface area contributed by atoms with E-state index in [1.54, 1.807) is 6.07 Å². The Kier molecular flexibility index (Phi) is 3.61. The molecule has 1 aliphatic rings. The monoisotopic (exact) mass is 281 g/mol. The zero-order valence-electron chi connectivity index (χ0n) is 10.0. The number of amides is 1. The molecule has 20 heavy (non-hydrogen) atoms. The molecule has 6 nitrogen and oxygen atoms in total. The molecule has 1 saturated carbocycles. The fraction of sp³-hybridized carbons (Fsp3) is 0.333. The topological polar surface area (TPSA) is 96.0 Å². The molecule has 8 heteroatoms. The summed E-state index contributed by atoms with van der Waals surface area (Å²) in [5.41, 5.74) is -0.180. The number of hydrogen-bond donors (Lipinski definition) is 1. The first kappa shape index (κ1) is 13.9. The van der Waals surface area contributed by atoms with Crippen LogP contribution in [0.25, 0.3) is 0 Å². The summed E-state index contributed by atoms with van der Waals surface area (Å²) < 4.78 is 26.3. The van der Waals surface area contributed by atoms with Crippen molar-refractivity contribution in [1.29, 1.82) is 5.26 Å². The Morgan fingerprint density at radius 1 is 1.55 bits per heavy atom. The number of nitrogens with one attached hydrogen (secondary N) is 1. The normalized spacial score (nSPS) is 21.6. The molecule has 1 aromatic carbocycles. The van der Waals surface area contributed by atoms with Gasteiger partial charge in [0, 0.05) is 23.0 Å². The lowest BCUT2D eigenvalue weighted by Crippen LogP contribution is -2.31. The van der Waals surface area contributed by atoms with Gasteiger partial charge in [0.05, 0.1) is 6.07 Å². The van der Waals surface area contributed by atoms with Crippen molar-refractivity contribution in [3.63, 3.8) is 0 Å². The second-order valence-corrected chi connectivity index (χ2v) is 4.43. The van der Waals surface area contributed by atoms with Crippen LogP contribution in [-0.4, -0.2) is 16.9 Å². The molecule has 0 aliphatic heterocycles. The molecule has 0 spiro atoms. The number of nitriles is 1. The van der Waals surface area contributed by atoms with Gasteiger partial charge in [0.1, 0.15) is 23.6 Å². The van der Waals surface area contributed by atoms with E-state index in [1.807, 2.05) is 0 Å². The van der Waals surface area contributed by atoms with Crippen molar-refractivity contribution < 1.29 is 18.5 Å². The Balaban J connectivity index is 2.09. The van der Waals surface area contributed by atoms with Gasteiger partial charge in [-0.05, 0) is 6.07 Å². The SMILES string of the molecule is N#C[C@H](NC(=O)[C@H]1C[C@H]1[N+](=O)[O-])c1ccc(F)cc1F. The van der Waals surface area contributed by atoms with E-state index in [-0.39, 0.29) is 12.0 Å². The van der Waals surface area contributed by atoms with Gasteiger partial charge in [-0.2, -0.15) is 5.26 Å². The minimum atomic E-state index is -1.31. The summed E-state index contributed by atoms with van der Waals surface area (Å²) in [4.78, 5) is 21.6. The summed E-state index contributed by atoms with van der Waals surface area (Å²) in [6.07, 6.45) is 0.100. The van der Waals surface area contributed by atoms with Gasteiger partial charge in [-0.25, -0.2) is 8.78 Å². The van der Waals surface area contributed by atoms with Gasteiger partial charge in [0.2, 0.25) is 11.9 Å². The minimum absolute atomic E-state index is 0.100. The van der Waals surface area contributed by atoms with Crippen molar-refractivity contribution in [3.05, 3.63) is 45.5 Å². The van der Waals surface area contributed by atoms with E-state index in [2.05, 4.69) is 5.32 Å². The molecule has 0 saturated heterocycles. The third kappa shape index (κ3) is 2.71. The zero-order chi connectivity index (χ0) is 14.9. The highest BCUT2D eigenvalue weighted by molar-refractivity contribution is 5.82. The Labute approximate surface area is 112 Å². The molecular formula is C12H9F2N3O3. The summed E-state index contributed by atoms with van der Waals surface area (Å²) in [5, 5.41) is 21.6. The largest absolute Gasteiger partial charge is 0.336 e. The maximum Gasteiger partial charge on any atom is 0.231 e. The Morgan fingerprint density at radius 2 is 2.25 bits per heavy atom. The highest BCUT2D eigenvalue weighted by atomic mass is 19.1. The van der Waals surface area contributed by atoms with Crippen molar-refractivity contribution >= 4 is 5.91 Å². The van der Waals surface area contributed by atoms with Gasteiger partial charge >= 0.3 is 0 Å². The summed E-state index contributed by atoms with van der Waals surface area (Å²) in [6, 6.07) is 2.03. The Morgan fingerprint density at radius 3 is 2.75 bits per heavy atom. The highest BCUT2D eigenvalue weighted by Crippen LogP contribution is 2.33. The van der Waals surface area contributed by atoms with E-state index in [4.69, 9.17) is 5.26 Å². The second kappa shape index (κ2) is 5.21. The zero-order valence-corrected chi connectivity index (χ0v) is 10.0. The lowest BCUT2D eigenvalue weighted by molar-refractivity contribution is -0.497. The predicted octanol–water partition coefficient (Wildman–Crippen LogP) is 1.31. The van der Waals surface area contributed by atoms with Crippen molar-refractivity contribution in [2.75, 3.05) is 0 Å².